The first kappa shape index (κ1) is 15.1. The molecule has 0 fully saturated rings. The van der Waals surface area contributed by atoms with Crippen molar-refractivity contribution in [3.63, 3.8) is 0 Å². The number of rotatable bonds is 4. The molecule has 2 rings (SSSR count). The standard InChI is InChI=1S/C17H15ClO3/c1-11-8-14(18)9-12(2)17(11)21-15-5-3-4-13(10-15)6-7-16(19)20/h3-10H,1-2H3,(H,19,20). The molecule has 2 aromatic rings. The van der Waals surface area contributed by atoms with Crippen LogP contribution in [0.2, 0.25) is 5.02 Å². The number of ether oxygens (including phenoxy) is 1. The predicted octanol–water partition coefficient (Wildman–Crippen LogP) is 4.85. The maximum Gasteiger partial charge on any atom is 0.328 e. The van der Waals surface area contributed by atoms with Gasteiger partial charge in [-0.25, -0.2) is 4.79 Å². The predicted molar refractivity (Wildman–Crippen MR) is 84.1 cm³/mol. The van der Waals surface area contributed by atoms with Crippen molar-refractivity contribution in [2.45, 2.75) is 13.8 Å². The third-order valence-corrected chi connectivity index (χ3v) is 3.14. The molecule has 21 heavy (non-hydrogen) atoms. The second-order valence-electron chi connectivity index (χ2n) is 4.71. The van der Waals surface area contributed by atoms with Crippen molar-refractivity contribution in [2.75, 3.05) is 0 Å². The van der Waals surface area contributed by atoms with Crippen molar-refractivity contribution in [3.8, 4) is 11.5 Å². The molecule has 0 aliphatic carbocycles. The second kappa shape index (κ2) is 6.46. The Morgan fingerprint density at radius 2 is 1.86 bits per heavy atom. The molecule has 0 saturated heterocycles. The van der Waals surface area contributed by atoms with Gasteiger partial charge in [0.15, 0.2) is 0 Å². The average Bonchev–Trinajstić information content (AvgIpc) is 2.41. The average molecular weight is 303 g/mol. The van der Waals surface area contributed by atoms with E-state index in [0.717, 1.165) is 28.5 Å². The summed E-state index contributed by atoms with van der Waals surface area (Å²) in [5.74, 6) is 0.431. The molecule has 0 radical (unpaired) electrons. The number of carboxylic acid groups (broad SMARTS) is 1. The van der Waals surface area contributed by atoms with E-state index in [1.54, 1.807) is 6.07 Å². The fourth-order valence-electron chi connectivity index (χ4n) is 2.03. The number of carboxylic acids is 1. The first-order valence-electron chi connectivity index (χ1n) is 6.41. The highest BCUT2D eigenvalue weighted by Crippen LogP contribution is 2.31. The third-order valence-electron chi connectivity index (χ3n) is 2.92. The van der Waals surface area contributed by atoms with E-state index in [1.807, 2.05) is 44.2 Å². The number of hydrogen-bond acceptors (Lipinski definition) is 2. The van der Waals surface area contributed by atoms with Crippen LogP contribution in [0.3, 0.4) is 0 Å². The number of aryl methyl sites for hydroxylation is 2. The number of benzene rings is 2. The zero-order valence-corrected chi connectivity index (χ0v) is 12.5. The lowest BCUT2D eigenvalue weighted by Gasteiger charge is -2.12. The van der Waals surface area contributed by atoms with Gasteiger partial charge in [0.1, 0.15) is 11.5 Å². The maximum atomic E-state index is 10.5. The van der Waals surface area contributed by atoms with Gasteiger partial charge in [0.05, 0.1) is 0 Å². The van der Waals surface area contributed by atoms with E-state index in [4.69, 9.17) is 21.4 Å². The Bertz CT molecular complexity index is 682. The molecule has 0 unspecified atom stereocenters. The normalized spacial score (nSPS) is 10.8. The van der Waals surface area contributed by atoms with Crippen molar-refractivity contribution >= 4 is 23.6 Å². The van der Waals surface area contributed by atoms with Gasteiger partial charge in [-0.2, -0.15) is 0 Å². The highest BCUT2D eigenvalue weighted by atomic mass is 35.5. The molecule has 0 aliphatic rings. The van der Waals surface area contributed by atoms with Crippen LogP contribution in [0.15, 0.2) is 42.5 Å². The summed E-state index contributed by atoms with van der Waals surface area (Å²) in [6.07, 6.45) is 2.62. The summed E-state index contributed by atoms with van der Waals surface area (Å²) >= 11 is 6.00. The minimum Gasteiger partial charge on any atom is -0.478 e. The summed E-state index contributed by atoms with van der Waals surface area (Å²) in [6.45, 7) is 3.87. The minimum atomic E-state index is -0.981. The molecule has 0 amide bonds. The van der Waals surface area contributed by atoms with Gasteiger partial charge in [-0.3, -0.25) is 0 Å². The summed E-state index contributed by atoms with van der Waals surface area (Å²) in [7, 11) is 0. The van der Waals surface area contributed by atoms with E-state index in [1.165, 1.54) is 6.08 Å². The molecule has 1 N–H and O–H groups in total. The van der Waals surface area contributed by atoms with Gasteiger partial charge in [0.2, 0.25) is 0 Å². The van der Waals surface area contributed by atoms with Crippen molar-refractivity contribution in [2.24, 2.45) is 0 Å². The van der Waals surface area contributed by atoms with Gasteiger partial charge in [0.25, 0.3) is 0 Å². The summed E-state index contributed by atoms with van der Waals surface area (Å²) in [5.41, 5.74) is 2.66. The van der Waals surface area contributed by atoms with Gasteiger partial charge in [-0.15, -0.1) is 0 Å². The molecule has 0 aliphatic heterocycles. The van der Waals surface area contributed by atoms with Gasteiger partial charge in [-0.1, -0.05) is 23.7 Å². The molecule has 0 saturated carbocycles. The Hall–Kier alpha value is -2.26. The fourth-order valence-corrected chi connectivity index (χ4v) is 2.35. The molecule has 0 spiro atoms. The molecule has 0 aromatic heterocycles. The molecule has 3 nitrogen and oxygen atoms in total. The minimum absolute atomic E-state index is 0.649. The van der Waals surface area contributed by atoms with Gasteiger partial charge in [-0.05, 0) is 60.9 Å². The van der Waals surface area contributed by atoms with Gasteiger partial charge >= 0.3 is 5.97 Å². The summed E-state index contributed by atoms with van der Waals surface area (Å²) in [4.78, 5) is 10.5. The summed E-state index contributed by atoms with van der Waals surface area (Å²) in [5, 5.41) is 9.32. The monoisotopic (exact) mass is 302 g/mol. The Balaban J connectivity index is 2.28. The van der Waals surface area contributed by atoms with E-state index in [0.29, 0.717) is 10.8 Å². The zero-order valence-electron chi connectivity index (χ0n) is 11.8. The van der Waals surface area contributed by atoms with E-state index in [2.05, 4.69) is 0 Å². The van der Waals surface area contributed by atoms with E-state index in [-0.39, 0.29) is 0 Å². The van der Waals surface area contributed by atoms with Crippen molar-refractivity contribution in [3.05, 3.63) is 64.2 Å². The molecule has 0 heterocycles. The van der Waals surface area contributed by atoms with Crippen molar-refractivity contribution in [1.82, 2.24) is 0 Å². The van der Waals surface area contributed by atoms with Crippen molar-refractivity contribution in [1.29, 1.82) is 0 Å². The number of halogens is 1. The van der Waals surface area contributed by atoms with Crippen LogP contribution in [0.4, 0.5) is 0 Å². The van der Waals surface area contributed by atoms with E-state index in [9.17, 15) is 4.79 Å². The molecule has 2 aromatic carbocycles. The molecule has 0 bridgehead atoms. The molecular formula is C17H15ClO3. The first-order valence-corrected chi connectivity index (χ1v) is 6.79. The summed E-state index contributed by atoms with van der Waals surface area (Å²) in [6, 6.07) is 10.9. The lowest BCUT2D eigenvalue weighted by Crippen LogP contribution is -1.92. The number of aliphatic carboxylic acids is 1. The quantitative estimate of drug-likeness (QED) is 0.821. The highest BCUT2D eigenvalue weighted by Gasteiger charge is 2.07. The lowest BCUT2D eigenvalue weighted by molar-refractivity contribution is -0.131. The van der Waals surface area contributed by atoms with Crippen LogP contribution in [-0.2, 0) is 4.79 Å². The van der Waals surface area contributed by atoms with Crippen LogP contribution >= 0.6 is 11.6 Å². The molecule has 0 atom stereocenters. The number of hydrogen-bond donors (Lipinski definition) is 1. The van der Waals surface area contributed by atoms with Crippen LogP contribution in [0.5, 0.6) is 11.5 Å². The van der Waals surface area contributed by atoms with Gasteiger partial charge < -0.3 is 9.84 Å². The molecular weight excluding hydrogens is 288 g/mol. The highest BCUT2D eigenvalue weighted by molar-refractivity contribution is 6.30. The van der Waals surface area contributed by atoms with Crippen molar-refractivity contribution < 1.29 is 14.6 Å². The topological polar surface area (TPSA) is 46.5 Å². The molecule has 4 heteroatoms. The van der Waals surface area contributed by atoms with E-state index >= 15 is 0 Å². The van der Waals surface area contributed by atoms with E-state index < -0.39 is 5.97 Å². The summed E-state index contributed by atoms with van der Waals surface area (Å²) < 4.78 is 5.90. The van der Waals surface area contributed by atoms with Crippen LogP contribution in [0.1, 0.15) is 16.7 Å². The smallest absolute Gasteiger partial charge is 0.328 e. The Morgan fingerprint density at radius 3 is 2.48 bits per heavy atom. The van der Waals surface area contributed by atoms with Crippen LogP contribution < -0.4 is 4.74 Å². The Morgan fingerprint density at radius 1 is 1.19 bits per heavy atom. The lowest BCUT2D eigenvalue weighted by atomic mass is 10.1. The Kier molecular flexibility index (Phi) is 4.66. The Labute approximate surface area is 128 Å². The first-order chi connectivity index (χ1) is 9.95. The SMILES string of the molecule is Cc1cc(Cl)cc(C)c1Oc1cccc(C=CC(=O)O)c1. The van der Waals surface area contributed by atoms with Crippen LogP contribution in [-0.4, -0.2) is 11.1 Å². The van der Waals surface area contributed by atoms with Gasteiger partial charge in [0, 0.05) is 11.1 Å². The second-order valence-corrected chi connectivity index (χ2v) is 5.15. The fraction of sp³-hybridized carbons (Fsp3) is 0.118. The zero-order chi connectivity index (χ0) is 15.4. The number of carbonyl (C=O) groups is 1. The van der Waals surface area contributed by atoms with Crippen LogP contribution in [0.25, 0.3) is 6.08 Å². The molecule has 108 valence electrons. The largest absolute Gasteiger partial charge is 0.478 e. The van der Waals surface area contributed by atoms with Crippen LogP contribution in [0, 0.1) is 13.8 Å². The maximum absolute atomic E-state index is 10.5. The third kappa shape index (κ3) is 4.10.